The average molecular weight is 286 g/mol. The molecule has 0 aromatic heterocycles. The number of benzene rings is 3. The van der Waals surface area contributed by atoms with E-state index in [-0.39, 0.29) is 5.92 Å². The maximum atomic E-state index is 9.79. The highest BCUT2D eigenvalue weighted by Gasteiger charge is 2.33. The lowest BCUT2D eigenvalue weighted by molar-refractivity contribution is 0.425. The van der Waals surface area contributed by atoms with Crippen molar-refractivity contribution in [3.8, 4) is 11.1 Å². The Labute approximate surface area is 129 Å². The zero-order chi connectivity index (χ0) is 15.1. The molecule has 0 saturated carbocycles. The minimum Gasteiger partial charge on any atom is -0.423 e. The Hall–Kier alpha value is -2.36. The molecule has 0 saturated heterocycles. The molecule has 3 aromatic rings. The van der Waals surface area contributed by atoms with E-state index in [2.05, 4.69) is 30.3 Å². The molecule has 0 radical (unpaired) electrons. The summed E-state index contributed by atoms with van der Waals surface area (Å²) in [5.41, 5.74) is 6.25. The van der Waals surface area contributed by atoms with Gasteiger partial charge in [0.1, 0.15) is 0 Å². The summed E-state index contributed by atoms with van der Waals surface area (Å²) in [5.74, 6) is 0.0467. The number of fused-ring (bicyclic) bond motifs is 3. The van der Waals surface area contributed by atoms with Gasteiger partial charge in [-0.25, -0.2) is 0 Å². The largest absolute Gasteiger partial charge is 0.488 e. The molecular formula is C19H15BO2. The second-order valence-corrected chi connectivity index (χ2v) is 5.61. The normalized spacial score (nSPS) is 15.3. The molecule has 0 aliphatic heterocycles. The standard InChI is InChI=1S/C19H15BO2/c21-20(22)17-12-6-11-16-14-9-4-5-10-15(14)18(19(16)17)13-7-2-1-3-8-13/h1-12,18,21-22H. The Morgan fingerprint density at radius 1 is 0.682 bits per heavy atom. The minimum atomic E-state index is -1.46. The first-order valence-electron chi connectivity index (χ1n) is 7.40. The Morgan fingerprint density at radius 3 is 2.14 bits per heavy atom. The van der Waals surface area contributed by atoms with Crippen LogP contribution in [0.15, 0.2) is 72.8 Å². The fourth-order valence-electron chi connectivity index (χ4n) is 3.51. The number of rotatable bonds is 2. The topological polar surface area (TPSA) is 40.5 Å². The van der Waals surface area contributed by atoms with Crippen LogP contribution in [-0.4, -0.2) is 17.2 Å². The average Bonchev–Trinajstić information content (AvgIpc) is 2.90. The second kappa shape index (κ2) is 5.13. The van der Waals surface area contributed by atoms with Crippen molar-refractivity contribution >= 4 is 12.6 Å². The smallest absolute Gasteiger partial charge is 0.423 e. The summed E-state index contributed by atoms with van der Waals surface area (Å²) >= 11 is 0. The summed E-state index contributed by atoms with van der Waals surface area (Å²) in [5, 5.41) is 19.6. The fourth-order valence-corrected chi connectivity index (χ4v) is 3.51. The maximum absolute atomic E-state index is 9.79. The predicted octanol–water partition coefficient (Wildman–Crippen LogP) is 2.53. The van der Waals surface area contributed by atoms with Crippen LogP contribution in [-0.2, 0) is 0 Å². The lowest BCUT2D eigenvalue weighted by Gasteiger charge is -2.17. The van der Waals surface area contributed by atoms with Crippen molar-refractivity contribution in [3.63, 3.8) is 0 Å². The van der Waals surface area contributed by atoms with Crippen LogP contribution in [0.2, 0.25) is 0 Å². The van der Waals surface area contributed by atoms with Gasteiger partial charge in [-0.1, -0.05) is 72.8 Å². The highest BCUT2D eigenvalue weighted by atomic mass is 16.4. The van der Waals surface area contributed by atoms with Crippen LogP contribution in [0.5, 0.6) is 0 Å². The summed E-state index contributed by atoms with van der Waals surface area (Å²) in [7, 11) is -1.46. The van der Waals surface area contributed by atoms with Gasteiger partial charge in [0.15, 0.2) is 0 Å². The third-order valence-electron chi connectivity index (χ3n) is 4.40. The zero-order valence-electron chi connectivity index (χ0n) is 12.0. The molecule has 0 amide bonds. The molecule has 0 heterocycles. The molecule has 0 bridgehead atoms. The SMILES string of the molecule is OB(O)c1cccc2c1C(c1ccccc1)c1ccccc1-2. The summed E-state index contributed by atoms with van der Waals surface area (Å²) in [6, 6.07) is 24.3. The molecule has 1 aliphatic rings. The zero-order valence-corrected chi connectivity index (χ0v) is 12.0. The van der Waals surface area contributed by atoms with Crippen molar-refractivity contribution in [2.24, 2.45) is 0 Å². The van der Waals surface area contributed by atoms with Crippen LogP contribution in [0.1, 0.15) is 22.6 Å². The van der Waals surface area contributed by atoms with Gasteiger partial charge in [0.2, 0.25) is 0 Å². The molecule has 2 nitrogen and oxygen atoms in total. The first-order valence-corrected chi connectivity index (χ1v) is 7.40. The van der Waals surface area contributed by atoms with Gasteiger partial charge in [-0.2, -0.15) is 0 Å². The molecule has 106 valence electrons. The molecule has 0 fully saturated rings. The molecule has 1 atom stereocenters. The van der Waals surface area contributed by atoms with Crippen molar-refractivity contribution in [1.82, 2.24) is 0 Å². The lowest BCUT2D eigenvalue weighted by atomic mass is 9.72. The van der Waals surface area contributed by atoms with Crippen LogP contribution >= 0.6 is 0 Å². The highest BCUT2D eigenvalue weighted by Crippen LogP contribution is 2.46. The van der Waals surface area contributed by atoms with Gasteiger partial charge in [0.25, 0.3) is 0 Å². The number of hydrogen-bond donors (Lipinski definition) is 2. The maximum Gasteiger partial charge on any atom is 0.488 e. The summed E-state index contributed by atoms with van der Waals surface area (Å²) < 4.78 is 0. The van der Waals surface area contributed by atoms with Crippen LogP contribution in [0.4, 0.5) is 0 Å². The Balaban J connectivity index is 2.04. The molecule has 22 heavy (non-hydrogen) atoms. The van der Waals surface area contributed by atoms with Gasteiger partial charge < -0.3 is 10.0 Å². The van der Waals surface area contributed by atoms with Gasteiger partial charge in [-0.15, -0.1) is 0 Å². The second-order valence-electron chi connectivity index (χ2n) is 5.61. The molecule has 2 N–H and O–H groups in total. The minimum absolute atomic E-state index is 0.0467. The van der Waals surface area contributed by atoms with E-state index in [4.69, 9.17) is 0 Å². The molecule has 4 rings (SSSR count). The van der Waals surface area contributed by atoms with Gasteiger partial charge in [-0.05, 0) is 33.3 Å². The van der Waals surface area contributed by atoms with E-state index in [0.29, 0.717) is 5.46 Å². The van der Waals surface area contributed by atoms with Crippen LogP contribution in [0.25, 0.3) is 11.1 Å². The monoisotopic (exact) mass is 286 g/mol. The lowest BCUT2D eigenvalue weighted by Crippen LogP contribution is -2.33. The predicted molar refractivity (Wildman–Crippen MR) is 89.1 cm³/mol. The first-order chi connectivity index (χ1) is 10.8. The van der Waals surface area contributed by atoms with Crippen LogP contribution < -0.4 is 5.46 Å². The summed E-state index contributed by atoms with van der Waals surface area (Å²) in [6.45, 7) is 0. The van der Waals surface area contributed by atoms with Gasteiger partial charge >= 0.3 is 7.12 Å². The van der Waals surface area contributed by atoms with E-state index in [9.17, 15) is 10.0 Å². The number of hydrogen-bond acceptors (Lipinski definition) is 2. The van der Waals surface area contributed by atoms with E-state index in [1.807, 2.05) is 36.4 Å². The van der Waals surface area contributed by atoms with Gasteiger partial charge in [-0.3, -0.25) is 0 Å². The van der Waals surface area contributed by atoms with Gasteiger partial charge in [0.05, 0.1) is 0 Å². The van der Waals surface area contributed by atoms with Crippen molar-refractivity contribution in [3.05, 3.63) is 89.5 Å². The molecule has 3 heteroatoms. The van der Waals surface area contributed by atoms with Crippen molar-refractivity contribution < 1.29 is 10.0 Å². The van der Waals surface area contributed by atoms with E-state index >= 15 is 0 Å². The van der Waals surface area contributed by atoms with E-state index in [1.54, 1.807) is 6.07 Å². The van der Waals surface area contributed by atoms with E-state index in [1.165, 1.54) is 16.7 Å². The molecule has 1 aliphatic carbocycles. The van der Waals surface area contributed by atoms with Gasteiger partial charge in [0, 0.05) is 5.92 Å². The summed E-state index contributed by atoms with van der Waals surface area (Å²) in [4.78, 5) is 0. The van der Waals surface area contributed by atoms with Crippen LogP contribution in [0.3, 0.4) is 0 Å². The van der Waals surface area contributed by atoms with Crippen molar-refractivity contribution in [2.45, 2.75) is 5.92 Å². The van der Waals surface area contributed by atoms with E-state index < -0.39 is 7.12 Å². The van der Waals surface area contributed by atoms with Crippen LogP contribution in [0, 0.1) is 0 Å². The van der Waals surface area contributed by atoms with E-state index in [0.717, 1.165) is 11.1 Å². The fraction of sp³-hybridized carbons (Fsp3) is 0.0526. The Morgan fingerprint density at radius 2 is 1.36 bits per heavy atom. The highest BCUT2D eigenvalue weighted by molar-refractivity contribution is 6.59. The first kappa shape index (κ1) is 13.3. The molecule has 3 aromatic carbocycles. The molecule has 1 unspecified atom stereocenters. The molecule has 0 spiro atoms. The van der Waals surface area contributed by atoms with Crippen molar-refractivity contribution in [1.29, 1.82) is 0 Å². The van der Waals surface area contributed by atoms with Crippen molar-refractivity contribution in [2.75, 3.05) is 0 Å². The summed E-state index contributed by atoms with van der Waals surface area (Å²) in [6.07, 6.45) is 0. The Bertz CT molecular complexity index is 828. The Kier molecular flexibility index (Phi) is 3.10. The third kappa shape index (κ3) is 1.91. The molecular weight excluding hydrogens is 271 g/mol. The third-order valence-corrected chi connectivity index (χ3v) is 4.40. The quantitative estimate of drug-likeness (QED) is 0.556.